The molecule has 1 aromatic carbocycles. The van der Waals surface area contributed by atoms with Crippen LogP contribution in [0, 0.1) is 11.8 Å². The van der Waals surface area contributed by atoms with Gasteiger partial charge >= 0.3 is 0 Å². The second-order valence-electron chi connectivity index (χ2n) is 12.4. The fourth-order valence-electron chi connectivity index (χ4n) is 7.04. The van der Waals surface area contributed by atoms with Crippen LogP contribution in [0.25, 0.3) is 0 Å². The lowest BCUT2D eigenvalue weighted by Crippen LogP contribution is -2.60. The van der Waals surface area contributed by atoms with E-state index >= 15 is 0 Å². The van der Waals surface area contributed by atoms with Gasteiger partial charge in [0.05, 0.1) is 5.92 Å². The molecule has 0 saturated carbocycles. The fraction of sp³-hybridized carbons (Fsp3) is 0.500. The number of carbonyl (C=O) groups excluding carboxylic acids is 3. The Kier molecular flexibility index (Phi) is 8.24. The number of anilines is 2. The third kappa shape index (κ3) is 5.97. The lowest BCUT2D eigenvalue weighted by atomic mass is 9.69. The highest BCUT2D eigenvalue weighted by atomic mass is 16.5. The van der Waals surface area contributed by atoms with Crippen molar-refractivity contribution in [1.29, 1.82) is 0 Å². The molecule has 12 heteroatoms. The third-order valence-electron chi connectivity index (χ3n) is 8.93. The Morgan fingerprint density at radius 2 is 1.93 bits per heavy atom. The third-order valence-corrected chi connectivity index (χ3v) is 8.93. The number of piperidine rings is 1. The van der Waals surface area contributed by atoms with E-state index in [2.05, 4.69) is 31.0 Å². The molecule has 6 rings (SSSR count). The normalized spacial score (nSPS) is 21.6. The van der Waals surface area contributed by atoms with E-state index in [-0.39, 0.29) is 60.0 Å². The number of aromatic nitrogens is 3. The van der Waals surface area contributed by atoms with Crippen molar-refractivity contribution in [2.75, 3.05) is 29.9 Å². The minimum Gasteiger partial charge on any atom is -0.366 e. The van der Waals surface area contributed by atoms with Crippen LogP contribution in [0.1, 0.15) is 68.4 Å². The number of amides is 3. The predicted molar refractivity (Wildman–Crippen MR) is 163 cm³/mol. The SMILES string of the molecule is CC(=O)Nc1ccc2c(c1)CC(C(=O)NCCC(=O)NCCc1nc(C(C)C)no1)[C@H]1[C@@H]3C[C@H](CN21)Cn1c3cccc1=O. The zero-order chi connectivity index (χ0) is 31.0. The largest absolute Gasteiger partial charge is 0.366 e. The summed E-state index contributed by atoms with van der Waals surface area (Å²) in [7, 11) is 0. The molecular formula is C32H39N7O5. The van der Waals surface area contributed by atoms with Gasteiger partial charge in [0.2, 0.25) is 23.6 Å². The van der Waals surface area contributed by atoms with Crippen molar-refractivity contribution in [3.05, 3.63) is 69.7 Å². The average Bonchev–Trinajstić information content (AvgIpc) is 3.46. The molecule has 0 aliphatic carbocycles. The summed E-state index contributed by atoms with van der Waals surface area (Å²) in [6.07, 6.45) is 1.97. The first-order valence-electron chi connectivity index (χ1n) is 15.4. The number of nitrogens with zero attached hydrogens (tertiary/aromatic N) is 4. The van der Waals surface area contributed by atoms with Crippen molar-refractivity contribution < 1.29 is 18.9 Å². The van der Waals surface area contributed by atoms with E-state index in [4.69, 9.17) is 4.52 Å². The van der Waals surface area contributed by atoms with Gasteiger partial charge in [-0.3, -0.25) is 19.2 Å². The molecule has 3 aliphatic rings. The van der Waals surface area contributed by atoms with Crippen molar-refractivity contribution in [1.82, 2.24) is 25.3 Å². The summed E-state index contributed by atoms with van der Waals surface area (Å²) in [5.74, 6) is 0.724. The summed E-state index contributed by atoms with van der Waals surface area (Å²) in [5, 5.41) is 12.7. The van der Waals surface area contributed by atoms with E-state index < -0.39 is 5.92 Å². The van der Waals surface area contributed by atoms with E-state index in [1.165, 1.54) is 6.92 Å². The van der Waals surface area contributed by atoms with E-state index in [1.807, 2.05) is 42.7 Å². The fourth-order valence-corrected chi connectivity index (χ4v) is 7.04. The quantitative estimate of drug-likeness (QED) is 0.338. The van der Waals surface area contributed by atoms with E-state index in [9.17, 15) is 19.2 Å². The lowest BCUT2D eigenvalue weighted by Gasteiger charge is -2.54. The van der Waals surface area contributed by atoms with Crippen LogP contribution in [0.4, 0.5) is 11.4 Å². The molecule has 0 radical (unpaired) electrons. The molecule has 1 unspecified atom stereocenters. The standard InChI is InChI=1S/C32H39N7O5/c1-18(2)31-36-28(44-37-31)10-12-33-27(41)9-11-34-32(43)24-15-21-14-22(35-19(3)40)7-8-25(21)39-17-20-13-23(30(24)39)26-5-4-6-29(42)38(26)16-20/h4-8,14,18,20,23-24,30H,9-13,15-17H2,1-3H3,(H,33,41)(H,34,43)(H,35,40)/t20-,23+,24?,30+/m0/s1. The maximum atomic E-state index is 13.9. The number of hydrogen-bond donors (Lipinski definition) is 3. The molecule has 5 heterocycles. The first-order valence-corrected chi connectivity index (χ1v) is 15.4. The van der Waals surface area contributed by atoms with Crippen LogP contribution in [0.5, 0.6) is 0 Å². The summed E-state index contributed by atoms with van der Waals surface area (Å²) >= 11 is 0. The van der Waals surface area contributed by atoms with Gasteiger partial charge in [0.1, 0.15) is 0 Å². The smallest absolute Gasteiger partial charge is 0.250 e. The van der Waals surface area contributed by atoms with Gasteiger partial charge in [-0.15, -0.1) is 0 Å². The minimum atomic E-state index is -0.404. The van der Waals surface area contributed by atoms with Crippen LogP contribution in [-0.4, -0.2) is 58.1 Å². The number of hydrogen-bond acceptors (Lipinski definition) is 8. The first kappa shape index (κ1) is 29.6. The van der Waals surface area contributed by atoms with E-state index in [0.29, 0.717) is 43.3 Å². The molecule has 3 aromatic rings. The number of carbonyl (C=O) groups is 3. The van der Waals surface area contributed by atoms with Gasteiger partial charge in [0.15, 0.2) is 5.82 Å². The molecule has 1 fully saturated rings. The molecule has 3 N–H and O–H groups in total. The molecular weight excluding hydrogens is 562 g/mol. The van der Waals surface area contributed by atoms with Crippen molar-refractivity contribution in [3.63, 3.8) is 0 Å². The van der Waals surface area contributed by atoms with Gasteiger partial charge in [0, 0.05) is 87.0 Å². The number of nitrogens with one attached hydrogen (secondary N) is 3. The summed E-state index contributed by atoms with van der Waals surface area (Å²) in [4.78, 5) is 57.6. The number of fused-ring (bicyclic) bond motifs is 8. The summed E-state index contributed by atoms with van der Waals surface area (Å²) in [6.45, 7) is 7.40. The summed E-state index contributed by atoms with van der Waals surface area (Å²) < 4.78 is 7.10. The highest BCUT2D eigenvalue weighted by Gasteiger charge is 2.49. The number of rotatable bonds is 9. The monoisotopic (exact) mass is 601 g/mol. The van der Waals surface area contributed by atoms with Gasteiger partial charge < -0.3 is 29.9 Å². The van der Waals surface area contributed by atoms with Crippen molar-refractivity contribution in [2.24, 2.45) is 11.8 Å². The Morgan fingerprint density at radius 3 is 2.70 bits per heavy atom. The van der Waals surface area contributed by atoms with Gasteiger partial charge in [0.25, 0.3) is 5.56 Å². The first-order chi connectivity index (χ1) is 21.2. The highest BCUT2D eigenvalue weighted by molar-refractivity contribution is 5.89. The van der Waals surface area contributed by atoms with Gasteiger partial charge in [-0.25, -0.2) is 0 Å². The maximum Gasteiger partial charge on any atom is 0.250 e. The lowest BCUT2D eigenvalue weighted by molar-refractivity contribution is -0.126. The molecule has 4 atom stereocenters. The van der Waals surface area contributed by atoms with Crippen LogP contribution < -0.4 is 26.4 Å². The van der Waals surface area contributed by atoms with Gasteiger partial charge in [-0.2, -0.15) is 4.98 Å². The van der Waals surface area contributed by atoms with Crippen LogP contribution in [0.2, 0.25) is 0 Å². The molecule has 2 aromatic heterocycles. The van der Waals surface area contributed by atoms with Crippen LogP contribution >= 0.6 is 0 Å². The summed E-state index contributed by atoms with van der Waals surface area (Å²) in [6, 6.07) is 11.2. The molecule has 0 spiro atoms. The highest BCUT2D eigenvalue weighted by Crippen LogP contribution is 2.48. The van der Waals surface area contributed by atoms with Crippen LogP contribution in [0.15, 0.2) is 45.7 Å². The second-order valence-corrected chi connectivity index (χ2v) is 12.4. The van der Waals surface area contributed by atoms with Crippen LogP contribution in [-0.2, 0) is 33.8 Å². The molecule has 12 nitrogen and oxygen atoms in total. The zero-order valence-corrected chi connectivity index (χ0v) is 25.3. The maximum absolute atomic E-state index is 13.9. The van der Waals surface area contributed by atoms with E-state index in [0.717, 1.165) is 29.9 Å². The number of pyridine rings is 1. The van der Waals surface area contributed by atoms with Gasteiger partial charge in [-0.1, -0.05) is 25.1 Å². The Balaban J connectivity index is 1.16. The second kappa shape index (κ2) is 12.3. The molecule has 3 aliphatic heterocycles. The molecule has 2 bridgehead atoms. The molecule has 232 valence electrons. The predicted octanol–water partition coefficient (Wildman–Crippen LogP) is 2.34. The number of benzene rings is 1. The Hall–Kier alpha value is -4.48. The van der Waals surface area contributed by atoms with Crippen molar-refractivity contribution in [3.8, 4) is 0 Å². The molecule has 1 saturated heterocycles. The molecule has 44 heavy (non-hydrogen) atoms. The summed E-state index contributed by atoms with van der Waals surface area (Å²) in [5.41, 5.74) is 3.72. The Bertz CT molecular complexity index is 1630. The van der Waals surface area contributed by atoms with E-state index in [1.54, 1.807) is 12.1 Å². The van der Waals surface area contributed by atoms with Crippen LogP contribution in [0.3, 0.4) is 0 Å². The van der Waals surface area contributed by atoms with Crippen molar-refractivity contribution >= 4 is 29.1 Å². The zero-order valence-electron chi connectivity index (χ0n) is 25.3. The average molecular weight is 602 g/mol. The van der Waals surface area contributed by atoms with Gasteiger partial charge in [-0.05, 0) is 48.6 Å². The topological polar surface area (TPSA) is 151 Å². The molecule has 3 amide bonds. The minimum absolute atomic E-state index is 0.00623. The Morgan fingerprint density at radius 1 is 1.09 bits per heavy atom. The van der Waals surface area contributed by atoms with Crippen molar-refractivity contribution in [2.45, 2.75) is 70.9 Å². The Labute approximate surface area is 255 Å².